The molecule has 12 heteroatoms. The number of fused-ring (bicyclic) bond motifs is 4. The highest BCUT2D eigenvalue weighted by molar-refractivity contribution is 6.58. The highest BCUT2D eigenvalue weighted by Gasteiger charge is 2.77. The molecule has 2 aliphatic carbocycles. The third-order valence-electron chi connectivity index (χ3n) is 8.00. The van der Waals surface area contributed by atoms with Gasteiger partial charge in [0.05, 0.1) is 23.4 Å². The number of hydrogen-bond donors (Lipinski definition) is 2. The molecule has 37 heavy (non-hydrogen) atoms. The maximum absolute atomic E-state index is 14.0. The highest BCUT2D eigenvalue weighted by atomic mass is 35.5. The third-order valence-corrected chi connectivity index (χ3v) is 9.41. The zero-order valence-corrected chi connectivity index (χ0v) is 20.4. The number of halogens is 3. The Morgan fingerprint density at radius 3 is 2.35 bits per heavy atom. The molecule has 1 aromatic carbocycles. The second-order valence-corrected chi connectivity index (χ2v) is 10.9. The van der Waals surface area contributed by atoms with Crippen molar-refractivity contribution in [3.05, 3.63) is 65.4 Å². The number of rotatable bonds is 3. The van der Waals surface area contributed by atoms with Crippen LogP contribution < -0.4 is 4.90 Å². The summed E-state index contributed by atoms with van der Waals surface area (Å²) in [6.45, 7) is -0.442. The van der Waals surface area contributed by atoms with Crippen LogP contribution in [-0.4, -0.2) is 48.8 Å². The van der Waals surface area contributed by atoms with Crippen LogP contribution in [0, 0.1) is 23.6 Å². The third kappa shape index (κ3) is 2.98. The fraction of sp³-hybridized carbons (Fsp3) is 0.360. The van der Waals surface area contributed by atoms with Gasteiger partial charge in [0.2, 0.25) is 0 Å². The Morgan fingerprint density at radius 2 is 1.70 bits per heavy atom. The molecule has 6 unspecified atom stereocenters. The van der Waals surface area contributed by atoms with Crippen LogP contribution >= 0.6 is 23.2 Å². The molecule has 4 amide bonds. The molecule has 6 atom stereocenters. The summed E-state index contributed by atoms with van der Waals surface area (Å²) < 4.78 is 19.4. The van der Waals surface area contributed by atoms with E-state index in [1.807, 2.05) is 0 Å². The number of anilines is 1. The Kier molecular flexibility index (Phi) is 5.24. The molecule has 2 saturated heterocycles. The summed E-state index contributed by atoms with van der Waals surface area (Å²) >= 11 is 14.2. The monoisotopic (exact) mass is 548 g/mol. The van der Waals surface area contributed by atoms with Crippen LogP contribution in [0.3, 0.4) is 0 Å². The van der Waals surface area contributed by atoms with Crippen molar-refractivity contribution in [1.82, 2.24) is 5.06 Å². The largest absolute Gasteiger partial charge is 0.463 e. The van der Waals surface area contributed by atoms with Gasteiger partial charge >= 0.3 is 0 Å². The number of aliphatic hydroxyl groups is 1. The summed E-state index contributed by atoms with van der Waals surface area (Å²) in [7, 11) is 0. The topological polar surface area (TPSA) is 128 Å². The first-order chi connectivity index (χ1) is 17.5. The highest BCUT2D eigenvalue weighted by Crippen LogP contribution is 2.65. The molecule has 3 heterocycles. The first-order valence-electron chi connectivity index (χ1n) is 11.5. The van der Waals surface area contributed by atoms with Crippen LogP contribution in [0.25, 0.3) is 0 Å². The summed E-state index contributed by atoms with van der Waals surface area (Å²) in [5.41, 5.74) is 0.536. The van der Waals surface area contributed by atoms with Gasteiger partial charge in [-0.05, 0) is 55.2 Å². The van der Waals surface area contributed by atoms with Crippen molar-refractivity contribution in [2.24, 2.45) is 17.8 Å². The molecule has 2 N–H and O–H groups in total. The minimum absolute atomic E-state index is 0.0589. The number of hydroxylamine groups is 2. The minimum atomic E-state index is -2.12. The number of amides is 4. The Morgan fingerprint density at radius 1 is 1.00 bits per heavy atom. The number of alkyl halides is 2. The summed E-state index contributed by atoms with van der Waals surface area (Å²) in [4.78, 5) is 49.9. The Balaban J connectivity index is 1.56. The SMILES string of the molecule is O=C1C2CC=C3C(CC4(Cl)C(=O)N(c5ccc(F)cc5)C(=O)C4(Cl)C3c3ccc(CO)o3)C2C(=O)N1O. The number of hydrogen-bond acceptors (Lipinski definition) is 7. The van der Waals surface area contributed by atoms with Gasteiger partial charge in [0.1, 0.15) is 23.9 Å². The van der Waals surface area contributed by atoms with E-state index < -0.39 is 69.5 Å². The molecule has 2 aromatic rings. The molecule has 6 rings (SSSR count). The van der Waals surface area contributed by atoms with Crippen molar-refractivity contribution in [2.75, 3.05) is 4.90 Å². The lowest BCUT2D eigenvalue weighted by Crippen LogP contribution is -2.60. The molecule has 192 valence electrons. The van der Waals surface area contributed by atoms with Gasteiger partial charge < -0.3 is 9.52 Å². The molecular formula is C25H19Cl2FN2O7. The zero-order valence-electron chi connectivity index (χ0n) is 18.9. The van der Waals surface area contributed by atoms with E-state index >= 15 is 0 Å². The fourth-order valence-electron chi connectivity index (χ4n) is 6.33. The molecule has 3 fully saturated rings. The quantitative estimate of drug-likeness (QED) is 0.261. The number of nitrogens with zero attached hydrogens (tertiary/aromatic N) is 2. The number of carbonyl (C=O) groups excluding carboxylic acids is 4. The Bertz CT molecular complexity index is 1410. The average Bonchev–Trinajstić information content (AvgIpc) is 3.48. The number of aliphatic hydroxyl groups excluding tert-OH is 1. The lowest BCUT2D eigenvalue weighted by atomic mass is 9.57. The molecule has 1 aromatic heterocycles. The fourth-order valence-corrected chi connectivity index (χ4v) is 7.25. The Labute approximate surface area is 219 Å². The van der Waals surface area contributed by atoms with E-state index in [-0.39, 0.29) is 35.1 Å². The molecule has 4 aliphatic rings. The predicted octanol–water partition coefficient (Wildman–Crippen LogP) is 2.86. The van der Waals surface area contributed by atoms with Gasteiger partial charge in [-0.2, -0.15) is 5.06 Å². The molecular weight excluding hydrogens is 530 g/mol. The number of benzene rings is 1. The summed E-state index contributed by atoms with van der Waals surface area (Å²) in [5, 5.41) is 19.7. The molecule has 0 radical (unpaired) electrons. The summed E-state index contributed by atoms with van der Waals surface area (Å²) in [6, 6.07) is 7.66. The van der Waals surface area contributed by atoms with E-state index in [0.29, 0.717) is 5.57 Å². The van der Waals surface area contributed by atoms with Gasteiger partial charge in [-0.15, -0.1) is 23.2 Å². The average molecular weight is 549 g/mol. The van der Waals surface area contributed by atoms with Gasteiger partial charge in [-0.1, -0.05) is 11.6 Å². The molecule has 0 spiro atoms. The van der Waals surface area contributed by atoms with Crippen molar-refractivity contribution in [1.29, 1.82) is 0 Å². The van der Waals surface area contributed by atoms with E-state index in [2.05, 4.69) is 0 Å². The second-order valence-electron chi connectivity index (χ2n) is 9.70. The maximum atomic E-state index is 14.0. The molecule has 9 nitrogen and oxygen atoms in total. The predicted molar refractivity (Wildman–Crippen MR) is 125 cm³/mol. The van der Waals surface area contributed by atoms with Crippen LogP contribution in [0.4, 0.5) is 10.1 Å². The van der Waals surface area contributed by atoms with Crippen molar-refractivity contribution in [2.45, 2.75) is 35.1 Å². The van der Waals surface area contributed by atoms with Gasteiger partial charge in [-0.3, -0.25) is 24.4 Å². The molecule has 0 bridgehead atoms. The van der Waals surface area contributed by atoms with Gasteiger partial charge in [0, 0.05) is 0 Å². The normalized spacial score (nSPS) is 35.0. The van der Waals surface area contributed by atoms with Crippen molar-refractivity contribution in [3.63, 3.8) is 0 Å². The van der Waals surface area contributed by atoms with Crippen LogP contribution in [0.1, 0.15) is 30.3 Å². The summed E-state index contributed by atoms with van der Waals surface area (Å²) in [6.07, 6.45) is 1.50. The Hall–Kier alpha value is -3.05. The van der Waals surface area contributed by atoms with Crippen LogP contribution in [0.5, 0.6) is 0 Å². The lowest BCUT2D eigenvalue weighted by molar-refractivity contribution is -0.173. The maximum Gasteiger partial charge on any atom is 0.258 e. The van der Waals surface area contributed by atoms with Crippen molar-refractivity contribution in [3.8, 4) is 0 Å². The van der Waals surface area contributed by atoms with Crippen LogP contribution in [0.15, 0.2) is 52.5 Å². The van der Waals surface area contributed by atoms with Crippen molar-refractivity contribution < 1.29 is 38.3 Å². The van der Waals surface area contributed by atoms with E-state index in [0.717, 1.165) is 17.0 Å². The minimum Gasteiger partial charge on any atom is -0.463 e. The van der Waals surface area contributed by atoms with E-state index in [9.17, 15) is 33.9 Å². The number of imide groups is 2. The molecule has 1 saturated carbocycles. The first kappa shape index (κ1) is 24.3. The van der Waals surface area contributed by atoms with E-state index in [1.54, 1.807) is 6.08 Å². The number of allylic oxidation sites excluding steroid dienone is 2. The van der Waals surface area contributed by atoms with E-state index in [4.69, 9.17) is 27.6 Å². The zero-order chi connectivity index (χ0) is 26.4. The lowest BCUT2D eigenvalue weighted by Gasteiger charge is -2.49. The second kappa shape index (κ2) is 7.97. The number of carbonyl (C=O) groups is 4. The smallest absolute Gasteiger partial charge is 0.258 e. The van der Waals surface area contributed by atoms with Gasteiger partial charge in [0.15, 0.2) is 9.75 Å². The standard InChI is InChI=1S/C25H19Cl2FN2O7/c26-24-9-16-14(6-7-15-18(16)21(33)30(36)20(15)32)19(17-8-5-13(10-31)37-17)25(24,27)23(35)29(22(24)34)12-3-1-11(28)2-4-12/h1-6,8,15-16,18-19,31,36H,7,9-10H2. The van der Waals surface area contributed by atoms with Gasteiger partial charge in [-0.25, -0.2) is 9.29 Å². The van der Waals surface area contributed by atoms with E-state index in [1.165, 1.54) is 24.3 Å². The first-order valence-corrected chi connectivity index (χ1v) is 12.3. The summed E-state index contributed by atoms with van der Waals surface area (Å²) in [5.74, 6) is -7.42. The van der Waals surface area contributed by atoms with Crippen LogP contribution in [0.2, 0.25) is 0 Å². The number of furan rings is 1. The molecule has 2 aliphatic heterocycles. The van der Waals surface area contributed by atoms with Crippen LogP contribution in [-0.2, 0) is 25.8 Å². The van der Waals surface area contributed by atoms with Gasteiger partial charge in [0.25, 0.3) is 23.6 Å². The van der Waals surface area contributed by atoms with Crippen molar-refractivity contribution >= 4 is 52.5 Å².